The fourth-order valence-electron chi connectivity index (χ4n) is 1.17. The Morgan fingerprint density at radius 3 is 2.21 bits per heavy atom. The molecule has 1 atom stereocenters. The molecule has 0 spiro atoms. The molecule has 0 N–H and O–H groups in total. The summed E-state index contributed by atoms with van der Waals surface area (Å²) in [6.07, 6.45) is 2.43. The van der Waals surface area contributed by atoms with Gasteiger partial charge >= 0.3 is 11.9 Å². The molecule has 82 valence electrons. The summed E-state index contributed by atoms with van der Waals surface area (Å²) in [7, 11) is 2.75. The summed E-state index contributed by atoms with van der Waals surface area (Å²) in [4.78, 5) is 21.6. The van der Waals surface area contributed by atoms with Gasteiger partial charge < -0.3 is 9.47 Å². The zero-order valence-electron chi connectivity index (χ0n) is 9.04. The molecule has 0 radical (unpaired) electrons. The van der Waals surface area contributed by atoms with Crippen molar-refractivity contribution >= 4 is 11.9 Å². The molecule has 0 aliphatic heterocycles. The Hall–Kier alpha value is -1.06. The van der Waals surface area contributed by atoms with E-state index < -0.39 is 0 Å². The van der Waals surface area contributed by atoms with Crippen LogP contribution in [0.5, 0.6) is 0 Å². The lowest BCUT2D eigenvalue weighted by atomic mass is 10.0. The van der Waals surface area contributed by atoms with Crippen molar-refractivity contribution in [3.05, 3.63) is 0 Å². The minimum absolute atomic E-state index is 0.199. The highest BCUT2D eigenvalue weighted by Crippen LogP contribution is 2.12. The maximum atomic E-state index is 10.9. The van der Waals surface area contributed by atoms with E-state index in [0.717, 1.165) is 12.8 Å². The van der Waals surface area contributed by atoms with Crippen molar-refractivity contribution in [3.63, 3.8) is 0 Å². The number of ether oxygens (including phenoxy) is 2. The maximum absolute atomic E-state index is 10.9. The summed E-state index contributed by atoms with van der Waals surface area (Å²) in [6, 6.07) is 0. The highest BCUT2D eigenvalue weighted by molar-refractivity contribution is 5.69. The van der Waals surface area contributed by atoms with Crippen LogP contribution in [0, 0.1) is 5.92 Å². The van der Waals surface area contributed by atoms with E-state index in [2.05, 4.69) is 9.47 Å². The monoisotopic (exact) mass is 202 g/mol. The van der Waals surface area contributed by atoms with Crippen LogP contribution in [-0.4, -0.2) is 26.2 Å². The van der Waals surface area contributed by atoms with Crippen LogP contribution in [-0.2, 0) is 19.1 Å². The van der Waals surface area contributed by atoms with Gasteiger partial charge in [-0.05, 0) is 18.8 Å². The first-order valence-electron chi connectivity index (χ1n) is 4.73. The lowest BCUT2D eigenvalue weighted by molar-refractivity contribution is -0.141. The average molecular weight is 202 g/mol. The number of hydrogen-bond donors (Lipinski definition) is 0. The van der Waals surface area contributed by atoms with Crippen molar-refractivity contribution < 1.29 is 19.1 Å². The smallest absolute Gasteiger partial charge is 0.305 e. The third-order valence-corrected chi connectivity index (χ3v) is 2.05. The number of methoxy groups -OCH3 is 2. The molecular weight excluding hydrogens is 184 g/mol. The summed E-state index contributed by atoms with van der Waals surface area (Å²) in [6.45, 7) is 1.97. The molecule has 0 aliphatic rings. The Morgan fingerprint density at radius 1 is 1.14 bits per heavy atom. The van der Waals surface area contributed by atoms with E-state index in [0.29, 0.717) is 12.8 Å². The Labute approximate surface area is 84.6 Å². The van der Waals surface area contributed by atoms with Gasteiger partial charge in [0.2, 0.25) is 0 Å². The Balaban J connectivity index is 3.49. The van der Waals surface area contributed by atoms with Gasteiger partial charge in [-0.2, -0.15) is 0 Å². The van der Waals surface area contributed by atoms with E-state index in [-0.39, 0.29) is 17.9 Å². The summed E-state index contributed by atoms with van der Waals surface area (Å²) in [5.41, 5.74) is 0. The normalized spacial score (nSPS) is 11.9. The zero-order valence-corrected chi connectivity index (χ0v) is 9.04. The Kier molecular flexibility index (Phi) is 6.80. The van der Waals surface area contributed by atoms with Gasteiger partial charge in [0.15, 0.2) is 0 Å². The number of carbonyl (C=O) groups excluding carboxylic acids is 2. The summed E-state index contributed by atoms with van der Waals surface area (Å²) < 4.78 is 9.04. The molecule has 4 nitrogen and oxygen atoms in total. The highest BCUT2D eigenvalue weighted by atomic mass is 16.5. The molecule has 0 bridgehead atoms. The summed E-state index contributed by atoms with van der Waals surface area (Å²) in [5, 5.41) is 0. The first-order valence-corrected chi connectivity index (χ1v) is 4.73. The van der Waals surface area contributed by atoms with Crippen LogP contribution >= 0.6 is 0 Å². The maximum Gasteiger partial charge on any atom is 0.305 e. The van der Waals surface area contributed by atoms with E-state index >= 15 is 0 Å². The number of rotatable bonds is 6. The van der Waals surface area contributed by atoms with E-state index in [1.807, 2.05) is 6.92 Å². The van der Waals surface area contributed by atoms with E-state index in [9.17, 15) is 9.59 Å². The molecular formula is C10H18O4. The predicted octanol–water partition coefficient (Wildman–Crippen LogP) is 1.53. The van der Waals surface area contributed by atoms with Crippen molar-refractivity contribution in [1.82, 2.24) is 0 Å². The molecule has 0 saturated carbocycles. The molecule has 0 unspecified atom stereocenters. The molecule has 14 heavy (non-hydrogen) atoms. The lowest BCUT2D eigenvalue weighted by Gasteiger charge is -2.08. The molecule has 0 aliphatic carbocycles. The van der Waals surface area contributed by atoms with Crippen LogP contribution in [0.15, 0.2) is 0 Å². The average Bonchev–Trinajstić information content (AvgIpc) is 2.17. The van der Waals surface area contributed by atoms with E-state index in [1.165, 1.54) is 14.2 Å². The lowest BCUT2D eigenvalue weighted by Crippen LogP contribution is -2.08. The number of carbonyl (C=O) groups is 2. The molecule has 0 aromatic heterocycles. The van der Waals surface area contributed by atoms with E-state index in [4.69, 9.17) is 0 Å². The fraction of sp³-hybridized carbons (Fsp3) is 0.800. The molecule has 0 rings (SSSR count). The van der Waals surface area contributed by atoms with Crippen molar-refractivity contribution in [2.45, 2.75) is 32.6 Å². The van der Waals surface area contributed by atoms with Crippen molar-refractivity contribution in [2.75, 3.05) is 14.2 Å². The largest absolute Gasteiger partial charge is 0.469 e. The molecule has 0 heterocycles. The van der Waals surface area contributed by atoms with Crippen LogP contribution in [0.25, 0.3) is 0 Å². The van der Waals surface area contributed by atoms with Crippen molar-refractivity contribution in [3.8, 4) is 0 Å². The third-order valence-electron chi connectivity index (χ3n) is 2.05. The van der Waals surface area contributed by atoms with Gasteiger partial charge in [-0.25, -0.2) is 0 Å². The van der Waals surface area contributed by atoms with Gasteiger partial charge in [-0.15, -0.1) is 0 Å². The molecule has 0 aromatic rings. The van der Waals surface area contributed by atoms with E-state index in [1.54, 1.807) is 0 Å². The van der Waals surface area contributed by atoms with Gasteiger partial charge in [0, 0.05) is 12.8 Å². The third kappa shape index (κ3) is 6.46. The minimum Gasteiger partial charge on any atom is -0.469 e. The number of esters is 2. The van der Waals surface area contributed by atoms with Crippen LogP contribution in [0.1, 0.15) is 32.6 Å². The van der Waals surface area contributed by atoms with Crippen LogP contribution in [0.4, 0.5) is 0 Å². The topological polar surface area (TPSA) is 52.6 Å². The van der Waals surface area contributed by atoms with Crippen molar-refractivity contribution in [1.29, 1.82) is 0 Å². The van der Waals surface area contributed by atoms with Gasteiger partial charge in [0.1, 0.15) is 0 Å². The first kappa shape index (κ1) is 12.9. The second-order valence-corrected chi connectivity index (χ2v) is 3.35. The van der Waals surface area contributed by atoms with Gasteiger partial charge in [0.05, 0.1) is 14.2 Å². The molecule has 4 heteroatoms. The zero-order chi connectivity index (χ0) is 11.0. The van der Waals surface area contributed by atoms with Crippen LogP contribution in [0.3, 0.4) is 0 Å². The van der Waals surface area contributed by atoms with Crippen LogP contribution < -0.4 is 0 Å². The second kappa shape index (κ2) is 7.35. The fourth-order valence-corrected chi connectivity index (χ4v) is 1.17. The SMILES string of the molecule is COC(=O)CCC[C@H](C)CC(=O)OC. The minimum atomic E-state index is -0.199. The summed E-state index contributed by atoms with van der Waals surface area (Å²) >= 11 is 0. The Bertz CT molecular complexity index is 189. The van der Waals surface area contributed by atoms with Gasteiger partial charge in [-0.3, -0.25) is 9.59 Å². The first-order chi connectivity index (χ1) is 6.60. The van der Waals surface area contributed by atoms with Gasteiger partial charge in [-0.1, -0.05) is 6.92 Å². The molecule has 0 saturated heterocycles. The molecule has 0 amide bonds. The quantitative estimate of drug-likeness (QED) is 0.613. The standard InChI is InChI=1S/C10H18O4/c1-8(7-10(12)14-3)5-4-6-9(11)13-2/h8H,4-7H2,1-3H3/t8-/m0/s1. The number of hydrogen-bond acceptors (Lipinski definition) is 4. The van der Waals surface area contributed by atoms with Crippen molar-refractivity contribution in [2.24, 2.45) is 5.92 Å². The molecule has 0 aromatic carbocycles. The summed E-state index contributed by atoms with van der Waals surface area (Å²) in [5.74, 6) is -0.141. The highest BCUT2D eigenvalue weighted by Gasteiger charge is 2.09. The predicted molar refractivity (Wildman–Crippen MR) is 51.7 cm³/mol. The second-order valence-electron chi connectivity index (χ2n) is 3.35. The van der Waals surface area contributed by atoms with Gasteiger partial charge in [0.25, 0.3) is 0 Å². The molecule has 0 fully saturated rings. The Morgan fingerprint density at radius 2 is 1.71 bits per heavy atom. The van der Waals surface area contributed by atoms with Crippen LogP contribution in [0.2, 0.25) is 0 Å².